The summed E-state index contributed by atoms with van der Waals surface area (Å²) in [5.74, 6) is 0.494. The predicted octanol–water partition coefficient (Wildman–Crippen LogP) is 3.63. The number of aryl methyl sites for hydroxylation is 1. The monoisotopic (exact) mass is 385 g/mol. The number of hydrogen-bond donors (Lipinski definition) is 2. The lowest BCUT2D eigenvalue weighted by Gasteiger charge is -2.26. The van der Waals surface area contributed by atoms with Crippen molar-refractivity contribution in [1.82, 2.24) is 9.88 Å². The summed E-state index contributed by atoms with van der Waals surface area (Å²) >= 11 is 1.73. The van der Waals surface area contributed by atoms with Crippen molar-refractivity contribution in [2.24, 2.45) is 0 Å². The summed E-state index contributed by atoms with van der Waals surface area (Å²) < 4.78 is 12.0. The maximum atomic E-state index is 13.1. The molecule has 1 aliphatic heterocycles. The Kier molecular flexibility index (Phi) is 5.15. The molecule has 0 spiro atoms. The van der Waals surface area contributed by atoms with Crippen LogP contribution in [0.25, 0.3) is 10.2 Å². The van der Waals surface area contributed by atoms with Crippen LogP contribution in [-0.2, 0) is 11.3 Å². The number of carbonyl (C=O) groups excluding carboxylic acids is 1. The third-order valence-corrected chi connectivity index (χ3v) is 5.87. The lowest BCUT2D eigenvalue weighted by molar-refractivity contribution is 0.0343. The van der Waals surface area contributed by atoms with Crippen molar-refractivity contribution in [3.63, 3.8) is 0 Å². The number of H-pyrrole nitrogens is 1. The van der Waals surface area contributed by atoms with Crippen molar-refractivity contribution < 1.29 is 14.3 Å². The molecule has 0 atom stereocenters. The molecule has 6 nitrogen and oxygen atoms in total. The number of hydrogen-bond acceptors (Lipinski definition) is 5. The van der Waals surface area contributed by atoms with Crippen LogP contribution in [0.2, 0.25) is 0 Å². The summed E-state index contributed by atoms with van der Waals surface area (Å²) in [5, 5.41) is 2.99. The van der Waals surface area contributed by atoms with E-state index < -0.39 is 0 Å². The third-order valence-electron chi connectivity index (χ3n) is 4.76. The zero-order valence-electron chi connectivity index (χ0n) is 15.5. The van der Waals surface area contributed by atoms with E-state index in [-0.39, 0.29) is 5.91 Å². The second-order valence-corrected chi connectivity index (χ2v) is 7.88. The number of amides is 1. The molecule has 0 unspecified atom stereocenters. The highest BCUT2D eigenvalue weighted by atomic mass is 32.1. The van der Waals surface area contributed by atoms with Crippen LogP contribution < -0.4 is 10.1 Å². The van der Waals surface area contributed by atoms with E-state index in [0.29, 0.717) is 17.1 Å². The van der Waals surface area contributed by atoms with Crippen LogP contribution in [0.1, 0.15) is 20.9 Å². The van der Waals surface area contributed by atoms with Gasteiger partial charge >= 0.3 is 0 Å². The molecule has 3 heterocycles. The van der Waals surface area contributed by atoms with E-state index in [9.17, 15) is 4.79 Å². The summed E-state index contributed by atoms with van der Waals surface area (Å²) in [4.78, 5) is 20.0. The molecular weight excluding hydrogens is 362 g/mol. The number of nitrogens with zero attached hydrogens (tertiary/aromatic N) is 1. The summed E-state index contributed by atoms with van der Waals surface area (Å²) in [6.45, 7) is 6.05. The maximum Gasteiger partial charge on any atom is 0.272 e. The van der Waals surface area contributed by atoms with Gasteiger partial charge in [-0.15, -0.1) is 11.3 Å². The number of fused-ring (bicyclic) bond motifs is 1. The zero-order valence-corrected chi connectivity index (χ0v) is 16.3. The molecule has 7 heteroatoms. The molecule has 1 amide bonds. The van der Waals surface area contributed by atoms with Crippen LogP contribution in [0.3, 0.4) is 0 Å². The number of para-hydroxylation sites is 2. The van der Waals surface area contributed by atoms with E-state index >= 15 is 0 Å². The number of aromatic amines is 1. The average molecular weight is 385 g/mol. The number of anilines is 1. The third kappa shape index (κ3) is 3.71. The number of thiophene rings is 1. The van der Waals surface area contributed by atoms with Gasteiger partial charge < -0.3 is 19.8 Å². The number of benzene rings is 1. The van der Waals surface area contributed by atoms with Gasteiger partial charge in [-0.2, -0.15) is 0 Å². The number of rotatable bonds is 5. The summed E-state index contributed by atoms with van der Waals surface area (Å²) in [6, 6.07) is 9.53. The molecule has 0 saturated carbocycles. The number of carbonyl (C=O) groups is 1. The van der Waals surface area contributed by atoms with E-state index in [0.717, 1.165) is 48.6 Å². The lowest BCUT2D eigenvalue weighted by atomic mass is 10.2. The van der Waals surface area contributed by atoms with E-state index in [1.54, 1.807) is 18.4 Å². The van der Waals surface area contributed by atoms with Crippen molar-refractivity contribution in [3.8, 4) is 5.75 Å². The van der Waals surface area contributed by atoms with Gasteiger partial charge in [-0.3, -0.25) is 9.69 Å². The van der Waals surface area contributed by atoms with Crippen molar-refractivity contribution >= 4 is 33.1 Å². The Bertz CT molecular complexity index is 957. The van der Waals surface area contributed by atoms with E-state index in [2.05, 4.69) is 28.2 Å². The number of morpholine rings is 1. The molecule has 2 N–H and O–H groups in total. The zero-order chi connectivity index (χ0) is 18.8. The highest BCUT2D eigenvalue weighted by molar-refractivity contribution is 7.19. The van der Waals surface area contributed by atoms with Crippen molar-refractivity contribution in [1.29, 1.82) is 0 Å². The maximum absolute atomic E-state index is 13.1. The number of ether oxygens (including phenoxy) is 2. The second kappa shape index (κ2) is 7.72. The van der Waals surface area contributed by atoms with Crippen molar-refractivity contribution in [3.05, 3.63) is 46.5 Å². The molecule has 2 aromatic heterocycles. The fourth-order valence-corrected chi connectivity index (χ4v) is 4.42. The fourth-order valence-electron chi connectivity index (χ4n) is 3.42. The Hall–Kier alpha value is -2.35. The molecular formula is C20H23N3O3S. The van der Waals surface area contributed by atoms with Gasteiger partial charge in [0, 0.05) is 30.1 Å². The fraction of sp³-hybridized carbons (Fsp3) is 0.350. The van der Waals surface area contributed by atoms with Gasteiger partial charge in [-0.05, 0) is 25.1 Å². The number of aromatic nitrogens is 1. The minimum absolute atomic E-state index is 0.149. The van der Waals surface area contributed by atoms with E-state index in [4.69, 9.17) is 9.47 Å². The summed E-state index contributed by atoms with van der Waals surface area (Å²) in [6.07, 6.45) is 0. The van der Waals surface area contributed by atoms with Gasteiger partial charge in [0.05, 0.1) is 36.2 Å². The Balaban J connectivity index is 1.66. The van der Waals surface area contributed by atoms with Crippen LogP contribution in [0.4, 0.5) is 5.69 Å². The van der Waals surface area contributed by atoms with Crippen LogP contribution in [0.5, 0.6) is 5.75 Å². The minimum atomic E-state index is -0.149. The normalized spacial score (nSPS) is 15.2. The highest BCUT2D eigenvalue weighted by Crippen LogP contribution is 2.33. The quantitative estimate of drug-likeness (QED) is 0.704. The lowest BCUT2D eigenvalue weighted by Crippen LogP contribution is -2.36. The molecule has 3 aromatic rings. The van der Waals surface area contributed by atoms with E-state index in [1.165, 1.54) is 4.88 Å². The molecule has 1 fully saturated rings. The predicted molar refractivity (Wildman–Crippen MR) is 108 cm³/mol. The molecule has 1 aliphatic rings. The Morgan fingerprint density at radius 2 is 2.11 bits per heavy atom. The molecule has 0 radical (unpaired) electrons. The standard InChI is InChI=1S/C20H23N3O3S/c1-13-11-16-19(27-13)14(12-23-7-9-26-10-8-23)18(21-16)20(24)22-15-5-3-4-6-17(15)25-2/h3-6,11,21H,7-10,12H2,1-2H3,(H,22,24). The average Bonchev–Trinajstić information content (AvgIpc) is 3.20. The van der Waals surface area contributed by atoms with Gasteiger partial charge in [0.25, 0.3) is 5.91 Å². The van der Waals surface area contributed by atoms with Gasteiger partial charge in [-0.1, -0.05) is 12.1 Å². The van der Waals surface area contributed by atoms with Gasteiger partial charge in [0.15, 0.2) is 0 Å². The summed E-state index contributed by atoms with van der Waals surface area (Å²) in [5.41, 5.74) is 3.36. The Labute approximate surface area is 162 Å². The van der Waals surface area contributed by atoms with Crippen LogP contribution in [0.15, 0.2) is 30.3 Å². The minimum Gasteiger partial charge on any atom is -0.495 e. The topological polar surface area (TPSA) is 66.6 Å². The van der Waals surface area contributed by atoms with Gasteiger partial charge in [0.1, 0.15) is 11.4 Å². The first-order valence-electron chi connectivity index (χ1n) is 9.01. The van der Waals surface area contributed by atoms with Crippen LogP contribution >= 0.6 is 11.3 Å². The SMILES string of the molecule is COc1ccccc1NC(=O)c1[nH]c2cc(C)sc2c1CN1CCOCC1. The first-order chi connectivity index (χ1) is 13.2. The number of nitrogens with one attached hydrogen (secondary N) is 2. The van der Waals surface area contributed by atoms with Crippen molar-refractivity contribution in [2.75, 3.05) is 38.7 Å². The summed E-state index contributed by atoms with van der Waals surface area (Å²) in [7, 11) is 1.60. The highest BCUT2D eigenvalue weighted by Gasteiger charge is 2.23. The molecule has 1 aromatic carbocycles. The number of methoxy groups -OCH3 is 1. The molecule has 0 bridgehead atoms. The first kappa shape index (κ1) is 18.0. The molecule has 1 saturated heterocycles. The molecule has 27 heavy (non-hydrogen) atoms. The first-order valence-corrected chi connectivity index (χ1v) is 9.83. The Morgan fingerprint density at radius 3 is 2.89 bits per heavy atom. The van der Waals surface area contributed by atoms with Gasteiger partial charge in [0.2, 0.25) is 0 Å². The largest absolute Gasteiger partial charge is 0.495 e. The second-order valence-electron chi connectivity index (χ2n) is 6.62. The van der Waals surface area contributed by atoms with E-state index in [1.807, 2.05) is 24.3 Å². The molecule has 4 rings (SSSR count). The molecule has 142 valence electrons. The Morgan fingerprint density at radius 1 is 1.33 bits per heavy atom. The van der Waals surface area contributed by atoms with Gasteiger partial charge in [-0.25, -0.2) is 0 Å². The van der Waals surface area contributed by atoms with Crippen LogP contribution in [-0.4, -0.2) is 49.2 Å². The van der Waals surface area contributed by atoms with Crippen molar-refractivity contribution in [2.45, 2.75) is 13.5 Å². The van der Waals surface area contributed by atoms with Crippen LogP contribution in [0, 0.1) is 6.92 Å². The smallest absolute Gasteiger partial charge is 0.272 e. The molecule has 0 aliphatic carbocycles.